The molecule has 0 saturated carbocycles. The predicted octanol–water partition coefficient (Wildman–Crippen LogP) is 1.24. The molecule has 3 heteroatoms. The normalized spacial score (nSPS) is 12.3. The Morgan fingerprint density at radius 3 is 2.55 bits per heavy atom. The zero-order chi connectivity index (χ0) is 8.85. The maximum absolute atomic E-state index is 11.1. The third-order valence-electron chi connectivity index (χ3n) is 1.58. The molecular weight excluding hydrogens is 158 g/mol. The molecule has 0 heterocycles. The highest BCUT2D eigenvalue weighted by Gasteiger charge is 2.15. The van der Waals surface area contributed by atoms with Gasteiger partial charge in [0.2, 0.25) is 5.91 Å². The van der Waals surface area contributed by atoms with Crippen molar-refractivity contribution in [1.82, 2.24) is 5.32 Å². The molecule has 11 heavy (non-hydrogen) atoms. The van der Waals surface area contributed by atoms with E-state index in [2.05, 4.69) is 24.5 Å². The van der Waals surface area contributed by atoms with Crippen LogP contribution in [0.25, 0.3) is 0 Å². The highest BCUT2D eigenvalue weighted by Crippen LogP contribution is 2.13. The van der Waals surface area contributed by atoms with E-state index in [1.165, 1.54) is 0 Å². The summed E-state index contributed by atoms with van der Waals surface area (Å²) in [6.45, 7) is 5.61. The first-order chi connectivity index (χ1) is 5.13. The molecular formula is C8H15NOS. The van der Waals surface area contributed by atoms with Crippen LogP contribution in [-0.4, -0.2) is 18.7 Å². The highest BCUT2D eigenvalue weighted by atomic mass is 32.1. The van der Waals surface area contributed by atoms with Crippen LogP contribution in [0.3, 0.4) is 0 Å². The van der Waals surface area contributed by atoms with E-state index in [0.29, 0.717) is 5.75 Å². The molecule has 1 unspecified atom stereocenters. The number of hydrogen-bond acceptors (Lipinski definition) is 2. The Bertz CT molecular complexity index is 156. The van der Waals surface area contributed by atoms with Crippen LogP contribution in [0.2, 0.25) is 0 Å². The summed E-state index contributed by atoms with van der Waals surface area (Å²) in [5.41, 5.74) is 0.901. The molecule has 0 aromatic rings. The summed E-state index contributed by atoms with van der Waals surface area (Å²) in [4.78, 5) is 11.1. The lowest BCUT2D eigenvalue weighted by Crippen LogP contribution is -2.28. The molecule has 1 N–H and O–H groups in total. The van der Waals surface area contributed by atoms with E-state index in [1.807, 2.05) is 6.92 Å². The topological polar surface area (TPSA) is 29.1 Å². The van der Waals surface area contributed by atoms with Crippen LogP contribution in [-0.2, 0) is 4.79 Å². The first-order valence-corrected chi connectivity index (χ1v) is 4.24. The van der Waals surface area contributed by atoms with Gasteiger partial charge < -0.3 is 5.32 Å². The van der Waals surface area contributed by atoms with Gasteiger partial charge in [-0.2, -0.15) is 12.6 Å². The van der Waals surface area contributed by atoms with E-state index in [4.69, 9.17) is 0 Å². The predicted molar refractivity (Wildman–Crippen MR) is 50.8 cm³/mol. The van der Waals surface area contributed by atoms with E-state index in [-0.39, 0.29) is 11.8 Å². The van der Waals surface area contributed by atoms with Gasteiger partial charge in [-0.25, -0.2) is 0 Å². The van der Waals surface area contributed by atoms with E-state index in [1.54, 1.807) is 7.05 Å². The Labute approximate surface area is 73.5 Å². The Morgan fingerprint density at radius 2 is 2.27 bits per heavy atom. The third kappa shape index (κ3) is 3.46. The molecule has 0 rings (SSSR count). The minimum absolute atomic E-state index is 0.0338. The largest absolute Gasteiger partial charge is 0.359 e. The minimum Gasteiger partial charge on any atom is -0.359 e. The number of carbonyl (C=O) groups is 1. The molecule has 0 aromatic carbocycles. The van der Waals surface area contributed by atoms with E-state index in [0.717, 1.165) is 12.0 Å². The zero-order valence-corrected chi connectivity index (χ0v) is 7.95. The van der Waals surface area contributed by atoms with Crippen molar-refractivity contribution < 1.29 is 4.79 Å². The van der Waals surface area contributed by atoms with Crippen molar-refractivity contribution in [2.75, 3.05) is 12.8 Å². The van der Waals surface area contributed by atoms with Gasteiger partial charge in [0.1, 0.15) is 0 Å². The van der Waals surface area contributed by atoms with Gasteiger partial charge in [0, 0.05) is 7.05 Å². The number of hydrogen-bond donors (Lipinski definition) is 2. The van der Waals surface area contributed by atoms with Gasteiger partial charge in [0.15, 0.2) is 0 Å². The monoisotopic (exact) mass is 173 g/mol. The van der Waals surface area contributed by atoms with Crippen molar-refractivity contribution in [3.63, 3.8) is 0 Å². The molecule has 0 fully saturated rings. The van der Waals surface area contributed by atoms with Gasteiger partial charge in [-0.05, 0) is 19.1 Å². The van der Waals surface area contributed by atoms with Gasteiger partial charge in [-0.15, -0.1) is 0 Å². The molecule has 0 radical (unpaired) electrons. The van der Waals surface area contributed by atoms with Crippen molar-refractivity contribution in [3.05, 3.63) is 12.2 Å². The maximum atomic E-state index is 11.1. The fourth-order valence-electron chi connectivity index (χ4n) is 0.905. The average molecular weight is 173 g/mol. The van der Waals surface area contributed by atoms with E-state index in [9.17, 15) is 4.79 Å². The van der Waals surface area contributed by atoms with Crippen molar-refractivity contribution in [2.45, 2.75) is 13.3 Å². The Morgan fingerprint density at radius 1 is 1.73 bits per heavy atom. The lowest BCUT2D eigenvalue weighted by Gasteiger charge is -2.13. The maximum Gasteiger partial charge on any atom is 0.226 e. The van der Waals surface area contributed by atoms with Gasteiger partial charge in [-0.3, -0.25) is 4.79 Å². The Hall–Kier alpha value is -0.440. The second-order valence-corrected chi connectivity index (χ2v) is 2.97. The molecule has 1 amide bonds. The van der Waals surface area contributed by atoms with E-state index >= 15 is 0 Å². The SMILES string of the molecule is C=C(C)C(CCS)C(=O)NC. The van der Waals surface area contributed by atoms with Crippen LogP contribution in [0.1, 0.15) is 13.3 Å². The number of amides is 1. The number of rotatable bonds is 4. The summed E-state index contributed by atoms with van der Waals surface area (Å²) in [6, 6.07) is 0. The fourth-order valence-corrected chi connectivity index (χ4v) is 1.16. The molecule has 1 atom stereocenters. The standard InChI is InChI=1S/C8H15NOS/c1-6(2)7(4-5-11)8(10)9-3/h7,11H,1,4-5H2,2-3H3,(H,9,10). The fraction of sp³-hybridized carbons (Fsp3) is 0.625. The van der Waals surface area contributed by atoms with Crippen LogP contribution >= 0.6 is 12.6 Å². The van der Waals surface area contributed by atoms with Crippen LogP contribution in [0.4, 0.5) is 0 Å². The number of nitrogens with one attached hydrogen (secondary N) is 1. The molecule has 0 aliphatic carbocycles. The lowest BCUT2D eigenvalue weighted by atomic mass is 9.98. The molecule has 0 spiro atoms. The zero-order valence-electron chi connectivity index (χ0n) is 7.05. The molecule has 0 aliphatic rings. The summed E-state index contributed by atoms with van der Waals surface area (Å²) in [7, 11) is 1.64. The minimum atomic E-state index is -0.0718. The van der Waals surface area contributed by atoms with Crippen LogP contribution in [0.15, 0.2) is 12.2 Å². The second kappa shape index (κ2) is 5.24. The number of carbonyl (C=O) groups excluding carboxylic acids is 1. The average Bonchev–Trinajstić information content (AvgIpc) is 1.98. The van der Waals surface area contributed by atoms with E-state index < -0.39 is 0 Å². The summed E-state index contributed by atoms with van der Waals surface area (Å²) in [6.07, 6.45) is 0.762. The van der Waals surface area contributed by atoms with Crippen LogP contribution < -0.4 is 5.32 Å². The lowest BCUT2D eigenvalue weighted by molar-refractivity contribution is -0.123. The van der Waals surface area contributed by atoms with Gasteiger partial charge in [0.25, 0.3) is 0 Å². The second-order valence-electron chi connectivity index (χ2n) is 2.53. The summed E-state index contributed by atoms with van der Waals surface area (Å²) >= 11 is 4.07. The molecule has 0 bridgehead atoms. The van der Waals surface area contributed by atoms with Crippen molar-refractivity contribution in [1.29, 1.82) is 0 Å². The van der Waals surface area contributed by atoms with Gasteiger partial charge >= 0.3 is 0 Å². The molecule has 0 saturated heterocycles. The highest BCUT2D eigenvalue weighted by molar-refractivity contribution is 7.80. The van der Waals surface area contributed by atoms with Gasteiger partial charge in [-0.1, -0.05) is 12.2 Å². The van der Waals surface area contributed by atoms with Gasteiger partial charge in [0.05, 0.1) is 5.92 Å². The Kier molecular flexibility index (Phi) is 5.03. The summed E-state index contributed by atoms with van der Waals surface area (Å²) in [5.74, 6) is 0.675. The van der Waals surface area contributed by atoms with Crippen molar-refractivity contribution >= 4 is 18.5 Å². The third-order valence-corrected chi connectivity index (χ3v) is 1.83. The van der Waals surface area contributed by atoms with Crippen LogP contribution in [0.5, 0.6) is 0 Å². The molecule has 2 nitrogen and oxygen atoms in total. The summed E-state index contributed by atoms with van der Waals surface area (Å²) in [5, 5.41) is 2.60. The first-order valence-electron chi connectivity index (χ1n) is 3.61. The van der Waals surface area contributed by atoms with Crippen molar-refractivity contribution in [3.8, 4) is 0 Å². The number of thiol groups is 1. The van der Waals surface area contributed by atoms with Crippen molar-refractivity contribution in [2.24, 2.45) is 5.92 Å². The molecule has 0 aromatic heterocycles. The Balaban J connectivity index is 4.09. The quantitative estimate of drug-likeness (QED) is 0.486. The van der Waals surface area contributed by atoms with Crippen LogP contribution in [0, 0.1) is 5.92 Å². The summed E-state index contributed by atoms with van der Waals surface area (Å²) < 4.78 is 0. The molecule has 0 aliphatic heterocycles. The molecule has 64 valence electrons. The smallest absolute Gasteiger partial charge is 0.226 e. The first kappa shape index (κ1) is 10.6.